The number of benzene rings is 3. The summed E-state index contributed by atoms with van der Waals surface area (Å²) in [5.41, 5.74) is 3.18. The van der Waals surface area contributed by atoms with E-state index in [-0.39, 0.29) is 11.9 Å². The first kappa shape index (κ1) is 20.5. The Morgan fingerprint density at radius 2 is 1.52 bits per heavy atom. The highest BCUT2D eigenvalue weighted by Crippen LogP contribution is 2.29. The Labute approximate surface area is 181 Å². The second-order valence-electron chi connectivity index (χ2n) is 7.53. The summed E-state index contributed by atoms with van der Waals surface area (Å²) in [4.78, 5) is 26.9. The van der Waals surface area contributed by atoms with Crippen molar-refractivity contribution < 1.29 is 14.3 Å². The summed E-state index contributed by atoms with van der Waals surface area (Å²) in [6.07, 6.45) is 0.942. The van der Waals surface area contributed by atoms with Gasteiger partial charge in [-0.2, -0.15) is 0 Å². The number of hydrogen-bond donors (Lipinski definition) is 2. The minimum atomic E-state index is -0.327. The molecule has 158 valence electrons. The molecule has 1 heterocycles. The van der Waals surface area contributed by atoms with E-state index in [1.165, 1.54) is 5.56 Å². The van der Waals surface area contributed by atoms with E-state index >= 15 is 0 Å². The highest BCUT2D eigenvalue weighted by molar-refractivity contribution is 6.00. The van der Waals surface area contributed by atoms with Gasteiger partial charge in [-0.05, 0) is 60.5 Å². The van der Waals surface area contributed by atoms with E-state index in [1.807, 2.05) is 47.4 Å². The second-order valence-corrected chi connectivity index (χ2v) is 7.53. The van der Waals surface area contributed by atoms with Gasteiger partial charge in [0.05, 0.1) is 7.11 Å². The molecule has 0 aliphatic carbocycles. The number of para-hydroxylation sites is 1. The standard InChI is InChI=1S/C25H25N3O3/c1-31-23-13-9-18(10-14-23)20-15-16-28(17-20)24(29)19-7-11-22(12-8-19)27-25(30)26-21-5-3-2-4-6-21/h2-14,20H,15-17H2,1H3,(H2,26,27,30). The molecule has 0 saturated carbocycles. The van der Waals surface area contributed by atoms with Gasteiger partial charge in [0.25, 0.3) is 5.91 Å². The van der Waals surface area contributed by atoms with E-state index in [0.717, 1.165) is 18.7 Å². The number of carbonyl (C=O) groups is 2. The summed E-state index contributed by atoms with van der Waals surface area (Å²) >= 11 is 0. The van der Waals surface area contributed by atoms with Crippen LogP contribution in [0, 0.1) is 0 Å². The first-order chi connectivity index (χ1) is 15.1. The fourth-order valence-electron chi connectivity index (χ4n) is 3.79. The molecule has 0 bridgehead atoms. The molecule has 3 aromatic rings. The molecule has 1 aliphatic rings. The summed E-state index contributed by atoms with van der Waals surface area (Å²) in [6, 6.07) is 23.9. The summed E-state index contributed by atoms with van der Waals surface area (Å²) in [7, 11) is 1.65. The minimum Gasteiger partial charge on any atom is -0.497 e. The molecular formula is C25H25N3O3. The van der Waals surface area contributed by atoms with Gasteiger partial charge in [-0.25, -0.2) is 4.79 Å². The smallest absolute Gasteiger partial charge is 0.323 e. The van der Waals surface area contributed by atoms with Crippen molar-refractivity contribution >= 4 is 23.3 Å². The Morgan fingerprint density at radius 3 is 2.16 bits per heavy atom. The van der Waals surface area contributed by atoms with Crippen LogP contribution in [0.25, 0.3) is 0 Å². The van der Waals surface area contributed by atoms with Gasteiger partial charge in [-0.1, -0.05) is 30.3 Å². The highest BCUT2D eigenvalue weighted by atomic mass is 16.5. The molecule has 1 saturated heterocycles. The number of urea groups is 1. The first-order valence-electron chi connectivity index (χ1n) is 10.3. The number of nitrogens with one attached hydrogen (secondary N) is 2. The molecule has 2 N–H and O–H groups in total. The normalized spacial score (nSPS) is 15.4. The average molecular weight is 415 g/mol. The molecule has 0 radical (unpaired) electrons. The molecule has 4 rings (SSSR count). The third-order valence-electron chi connectivity index (χ3n) is 5.48. The zero-order valence-corrected chi connectivity index (χ0v) is 17.4. The van der Waals surface area contributed by atoms with Crippen LogP contribution in [0.2, 0.25) is 0 Å². The molecule has 6 nitrogen and oxygen atoms in total. The van der Waals surface area contributed by atoms with E-state index < -0.39 is 0 Å². The van der Waals surface area contributed by atoms with Crippen molar-refractivity contribution in [2.24, 2.45) is 0 Å². The number of amides is 3. The van der Waals surface area contributed by atoms with E-state index in [2.05, 4.69) is 22.8 Å². The number of carbonyl (C=O) groups excluding carboxylic acids is 2. The molecule has 6 heteroatoms. The first-order valence-corrected chi connectivity index (χ1v) is 10.3. The quantitative estimate of drug-likeness (QED) is 0.618. The number of methoxy groups -OCH3 is 1. The predicted molar refractivity (Wildman–Crippen MR) is 122 cm³/mol. The van der Waals surface area contributed by atoms with Crippen LogP contribution in [-0.4, -0.2) is 37.0 Å². The minimum absolute atomic E-state index is 0.0105. The van der Waals surface area contributed by atoms with Gasteiger partial charge in [0, 0.05) is 35.9 Å². The Morgan fingerprint density at radius 1 is 0.871 bits per heavy atom. The number of rotatable bonds is 5. The fraction of sp³-hybridized carbons (Fsp3) is 0.200. The zero-order chi connectivity index (χ0) is 21.6. The van der Waals surface area contributed by atoms with Crippen LogP contribution in [0.1, 0.15) is 28.3 Å². The zero-order valence-electron chi connectivity index (χ0n) is 17.4. The highest BCUT2D eigenvalue weighted by Gasteiger charge is 2.28. The molecule has 1 fully saturated rings. The summed E-state index contributed by atoms with van der Waals surface area (Å²) in [5, 5.41) is 5.55. The van der Waals surface area contributed by atoms with Crippen LogP contribution >= 0.6 is 0 Å². The Kier molecular flexibility index (Phi) is 6.17. The monoisotopic (exact) mass is 415 g/mol. The van der Waals surface area contributed by atoms with Gasteiger partial charge in [0.15, 0.2) is 0 Å². The molecule has 3 aromatic carbocycles. The lowest BCUT2D eigenvalue weighted by Crippen LogP contribution is -2.28. The van der Waals surface area contributed by atoms with Crippen LogP contribution < -0.4 is 15.4 Å². The molecular weight excluding hydrogens is 390 g/mol. The van der Waals surface area contributed by atoms with Crippen LogP contribution in [0.5, 0.6) is 5.75 Å². The molecule has 1 unspecified atom stereocenters. The van der Waals surface area contributed by atoms with Gasteiger partial charge >= 0.3 is 6.03 Å². The third-order valence-corrected chi connectivity index (χ3v) is 5.48. The van der Waals surface area contributed by atoms with Crippen LogP contribution in [0.4, 0.5) is 16.2 Å². The maximum atomic E-state index is 12.9. The Hall–Kier alpha value is -3.80. The molecule has 31 heavy (non-hydrogen) atoms. The molecule has 0 aromatic heterocycles. The van der Waals surface area contributed by atoms with Crippen molar-refractivity contribution in [1.82, 2.24) is 4.90 Å². The van der Waals surface area contributed by atoms with Gasteiger partial charge in [0.1, 0.15) is 5.75 Å². The lowest BCUT2D eigenvalue weighted by Gasteiger charge is -2.17. The fourth-order valence-corrected chi connectivity index (χ4v) is 3.79. The van der Waals surface area contributed by atoms with Gasteiger partial charge in [-0.15, -0.1) is 0 Å². The number of likely N-dealkylation sites (tertiary alicyclic amines) is 1. The Bertz CT molecular complexity index is 1030. The summed E-state index contributed by atoms with van der Waals surface area (Å²) < 4.78 is 5.22. The lowest BCUT2D eigenvalue weighted by atomic mass is 9.98. The molecule has 1 aliphatic heterocycles. The summed E-state index contributed by atoms with van der Waals surface area (Å²) in [5.74, 6) is 1.18. The maximum absolute atomic E-state index is 12.9. The van der Waals surface area contributed by atoms with Crippen molar-refractivity contribution in [3.63, 3.8) is 0 Å². The number of anilines is 2. The van der Waals surface area contributed by atoms with E-state index in [9.17, 15) is 9.59 Å². The second kappa shape index (κ2) is 9.34. The van der Waals surface area contributed by atoms with Crippen LogP contribution in [0.3, 0.4) is 0 Å². The lowest BCUT2D eigenvalue weighted by molar-refractivity contribution is 0.0791. The van der Waals surface area contributed by atoms with Crippen molar-refractivity contribution in [1.29, 1.82) is 0 Å². The van der Waals surface area contributed by atoms with Crippen molar-refractivity contribution in [2.75, 3.05) is 30.8 Å². The van der Waals surface area contributed by atoms with Gasteiger partial charge in [-0.3, -0.25) is 4.79 Å². The molecule has 3 amide bonds. The molecule has 0 spiro atoms. The molecule has 1 atom stereocenters. The van der Waals surface area contributed by atoms with E-state index in [4.69, 9.17) is 4.74 Å². The number of hydrogen-bond acceptors (Lipinski definition) is 3. The maximum Gasteiger partial charge on any atom is 0.323 e. The number of nitrogens with zero attached hydrogens (tertiary/aromatic N) is 1. The third kappa shape index (κ3) is 5.04. The van der Waals surface area contributed by atoms with E-state index in [0.29, 0.717) is 29.4 Å². The van der Waals surface area contributed by atoms with Gasteiger partial charge in [0.2, 0.25) is 0 Å². The van der Waals surface area contributed by atoms with Crippen molar-refractivity contribution in [3.05, 3.63) is 90.0 Å². The Balaban J connectivity index is 1.33. The van der Waals surface area contributed by atoms with Gasteiger partial charge < -0.3 is 20.3 Å². The topological polar surface area (TPSA) is 70.7 Å². The average Bonchev–Trinajstić information content (AvgIpc) is 3.30. The SMILES string of the molecule is COc1ccc(C2CCN(C(=O)c3ccc(NC(=O)Nc4ccccc4)cc3)C2)cc1. The van der Waals surface area contributed by atoms with Crippen LogP contribution in [0.15, 0.2) is 78.9 Å². The predicted octanol–water partition coefficient (Wildman–Crippen LogP) is 4.97. The van der Waals surface area contributed by atoms with E-state index in [1.54, 1.807) is 31.4 Å². The summed E-state index contributed by atoms with van der Waals surface area (Å²) in [6.45, 7) is 1.43. The number of ether oxygens (including phenoxy) is 1. The van der Waals surface area contributed by atoms with Crippen molar-refractivity contribution in [3.8, 4) is 5.75 Å². The van der Waals surface area contributed by atoms with Crippen LogP contribution in [-0.2, 0) is 0 Å². The van der Waals surface area contributed by atoms with Crippen molar-refractivity contribution in [2.45, 2.75) is 12.3 Å². The largest absolute Gasteiger partial charge is 0.497 e.